The number of aliphatic hydroxyl groups excluding tert-OH is 1. The highest BCUT2D eigenvalue weighted by atomic mass is 19.1. The molecule has 0 aliphatic carbocycles. The van der Waals surface area contributed by atoms with Gasteiger partial charge in [0.2, 0.25) is 0 Å². The lowest BCUT2D eigenvalue weighted by molar-refractivity contribution is -0.140. The maximum absolute atomic E-state index is 14.3. The van der Waals surface area contributed by atoms with Gasteiger partial charge in [-0.1, -0.05) is 12.1 Å². The molecule has 174 valence electrons. The molecule has 33 heavy (non-hydrogen) atoms. The number of ether oxygens (including phenoxy) is 2. The summed E-state index contributed by atoms with van der Waals surface area (Å²) in [4.78, 5) is 29.5. The number of morpholine rings is 1. The number of hydrogen-bond donors (Lipinski definition) is 2. The number of nitrogens with zero attached hydrogens (tertiary/aromatic N) is 2. The van der Waals surface area contributed by atoms with Crippen LogP contribution >= 0.6 is 0 Å². The minimum absolute atomic E-state index is 0.0120. The molecular weight excluding hydrogens is 431 g/mol. The maximum Gasteiger partial charge on any atom is 0.295 e. The molecule has 8 nitrogen and oxygen atoms in total. The molecule has 1 amide bonds. The predicted molar refractivity (Wildman–Crippen MR) is 117 cm³/mol. The number of aromatic hydroxyl groups is 1. The number of Topliss-reactive ketones (excluding diaryl/α,β-unsaturated/α-hetero) is 1. The first-order chi connectivity index (χ1) is 15.9. The zero-order valence-electron chi connectivity index (χ0n) is 18.2. The third-order valence-corrected chi connectivity index (χ3v) is 5.91. The number of methoxy groups -OCH3 is 1. The second-order valence-corrected chi connectivity index (χ2v) is 7.89. The van der Waals surface area contributed by atoms with Crippen molar-refractivity contribution in [1.29, 1.82) is 0 Å². The van der Waals surface area contributed by atoms with Crippen molar-refractivity contribution in [2.75, 3.05) is 46.5 Å². The molecule has 0 radical (unpaired) electrons. The van der Waals surface area contributed by atoms with E-state index in [-0.39, 0.29) is 29.2 Å². The Morgan fingerprint density at radius 3 is 2.58 bits per heavy atom. The van der Waals surface area contributed by atoms with Crippen LogP contribution in [0.2, 0.25) is 0 Å². The van der Waals surface area contributed by atoms with Crippen molar-refractivity contribution in [2.24, 2.45) is 0 Å². The average molecular weight is 456 g/mol. The van der Waals surface area contributed by atoms with Crippen molar-refractivity contribution in [3.63, 3.8) is 0 Å². The molecule has 2 aliphatic rings. The van der Waals surface area contributed by atoms with Gasteiger partial charge in [-0.25, -0.2) is 4.39 Å². The number of amides is 1. The molecule has 2 aliphatic heterocycles. The predicted octanol–water partition coefficient (Wildman–Crippen LogP) is 2.29. The summed E-state index contributed by atoms with van der Waals surface area (Å²) in [5.41, 5.74) is 0.355. The summed E-state index contributed by atoms with van der Waals surface area (Å²) in [6.07, 6.45) is 0. The fourth-order valence-corrected chi connectivity index (χ4v) is 4.20. The molecule has 2 aromatic carbocycles. The standard InChI is InChI=1S/C24H25FN2O6/c1-32-19-6-5-16(14-18(19)25)22(29)20-21(15-3-2-4-17(28)13-15)27(24(31)23(20)30)8-7-26-9-11-33-12-10-26/h2-6,13-14,21,28-29H,7-12H2,1H3/b22-20-. The summed E-state index contributed by atoms with van der Waals surface area (Å²) in [5, 5.41) is 21.0. The number of aliphatic hydroxyl groups is 1. The highest BCUT2D eigenvalue weighted by Crippen LogP contribution is 2.40. The van der Waals surface area contributed by atoms with Crippen LogP contribution in [-0.4, -0.2) is 78.2 Å². The van der Waals surface area contributed by atoms with Crippen LogP contribution in [0.1, 0.15) is 17.2 Å². The number of phenols is 1. The van der Waals surface area contributed by atoms with Gasteiger partial charge in [0.1, 0.15) is 11.5 Å². The number of benzene rings is 2. The summed E-state index contributed by atoms with van der Waals surface area (Å²) in [7, 11) is 1.32. The van der Waals surface area contributed by atoms with Crippen LogP contribution in [0.15, 0.2) is 48.0 Å². The minimum Gasteiger partial charge on any atom is -0.508 e. The second kappa shape index (κ2) is 9.60. The van der Waals surface area contributed by atoms with Crippen LogP contribution in [-0.2, 0) is 14.3 Å². The fraction of sp³-hybridized carbons (Fsp3) is 0.333. The Morgan fingerprint density at radius 2 is 1.91 bits per heavy atom. The molecule has 1 unspecified atom stereocenters. The molecule has 1 atom stereocenters. The summed E-state index contributed by atoms with van der Waals surface area (Å²) in [6.45, 7) is 3.37. The van der Waals surface area contributed by atoms with Crippen molar-refractivity contribution in [3.05, 3.63) is 65.0 Å². The van der Waals surface area contributed by atoms with Crippen molar-refractivity contribution in [2.45, 2.75) is 6.04 Å². The van der Waals surface area contributed by atoms with Crippen LogP contribution in [0.5, 0.6) is 11.5 Å². The quantitative estimate of drug-likeness (QED) is 0.391. The van der Waals surface area contributed by atoms with Crippen LogP contribution < -0.4 is 4.74 Å². The monoisotopic (exact) mass is 456 g/mol. The van der Waals surface area contributed by atoms with Crippen LogP contribution in [0.3, 0.4) is 0 Å². The Morgan fingerprint density at radius 1 is 1.15 bits per heavy atom. The van der Waals surface area contributed by atoms with E-state index >= 15 is 0 Å². The lowest BCUT2D eigenvalue weighted by Gasteiger charge is -2.31. The van der Waals surface area contributed by atoms with Crippen LogP contribution in [0.4, 0.5) is 4.39 Å². The summed E-state index contributed by atoms with van der Waals surface area (Å²) in [5.74, 6) is -2.87. The first-order valence-corrected chi connectivity index (χ1v) is 10.6. The molecule has 0 bridgehead atoms. The molecule has 9 heteroatoms. The van der Waals surface area contributed by atoms with Gasteiger partial charge in [0.05, 0.1) is 31.9 Å². The molecule has 0 spiro atoms. The van der Waals surface area contributed by atoms with E-state index in [1.807, 2.05) is 0 Å². The topological polar surface area (TPSA) is 99.5 Å². The van der Waals surface area contributed by atoms with Gasteiger partial charge < -0.3 is 24.6 Å². The number of hydrogen-bond acceptors (Lipinski definition) is 7. The van der Waals surface area contributed by atoms with E-state index in [2.05, 4.69) is 4.90 Å². The highest BCUT2D eigenvalue weighted by molar-refractivity contribution is 6.46. The first-order valence-electron chi connectivity index (χ1n) is 10.6. The SMILES string of the molecule is COc1ccc(/C(O)=C2/C(=O)C(=O)N(CCN3CCOCC3)C2c2cccc(O)c2)cc1F. The van der Waals surface area contributed by atoms with Crippen molar-refractivity contribution in [1.82, 2.24) is 9.80 Å². The lowest BCUT2D eigenvalue weighted by atomic mass is 9.95. The van der Waals surface area contributed by atoms with E-state index in [0.29, 0.717) is 38.4 Å². The molecule has 4 rings (SSSR count). The Labute approximate surface area is 190 Å². The molecule has 0 aromatic heterocycles. The zero-order chi connectivity index (χ0) is 23.5. The maximum atomic E-state index is 14.3. The summed E-state index contributed by atoms with van der Waals surface area (Å²) >= 11 is 0. The minimum atomic E-state index is -0.927. The lowest BCUT2D eigenvalue weighted by Crippen LogP contribution is -2.42. The van der Waals surface area contributed by atoms with Gasteiger partial charge in [-0.3, -0.25) is 14.5 Å². The molecule has 2 saturated heterocycles. The van der Waals surface area contributed by atoms with Gasteiger partial charge in [0.15, 0.2) is 11.6 Å². The fourth-order valence-electron chi connectivity index (χ4n) is 4.20. The summed E-state index contributed by atoms with van der Waals surface area (Å²) in [6, 6.07) is 9.06. The number of rotatable bonds is 6. The number of carbonyl (C=O) groups excluding carboxylic acids is 2. The largest absolute Gasteiger partial charge is 0.508 e. The van der Waals surface area contributed by atoms with Gasteiger partial charge in [-0.05, 0) is 35.9 Å². The van der Waals surface area contributed by atoms with E-state index < -0.39 is 29.3 Å². The van der Waals surface area contributed by atoms with Gasteiger partial charge in [-0.15, -0.1) is 0 Å². The second-order valence-electron chi connectivity index (χ2n) is 7.89. The molecule has 2 aromatic rings. The van der Waals surface area contributed by atoms with E-state index in [0.717, 1.165) is 6.07 Å². The van der Waals surface area contributed by atoms with Gasteiger partial charge in [-0.2, -0.15) is 0 Å². The van der Waals surface area contributed by atoms with Crippen molar-refractivity contribution in [3.8, 4) is 11.5 Å². The first kappa shape index (κ1) is 22.8. The van der Waals surface area contributed by atoms with Gasteiger partial charge in [0, 0.05) is 31.7 Å². The molecule has 0 saturated carbocycles. The van der Waals surface area contributed by atoms with Gasteiger partial charge in [0.25, 0.3) is 11.7 Å². The van der Waals surface area contributed by atoms with E-state index in [1.165, 1.54) is 36.3 Å². The number of halogens is 1. The number of phenolic OH excluding ortho intramolecular Hbond substituents is 1. The molecule has 2 heterocycles. The van der Waals surface area contributed by atoms with Crippen LogP contribution in [0, 0.1) is 5.82 Å². The smallest absolute Gasteiger partial charge is 0.295 e. The third-order valence-electron chi connectivity index (χ3n) is 5.91. The Balaban J connectivity index is 1.75. The molecule has 2 N–H and O–H groups in total. The zero-order valence-corrected chi connectivity index (χ0v) is 18.2. The number of carbonyl (C=O) groups is 2. The Bertz CT molecular complexity index is 1100. The molecular formula is C24H25FN2O6. The summed E-state index contributed by atoms with van der Waals surface area (Å²) < 4.78 is 24.5. The van der Waals surface area contributed by atoms with Gasteiger partial charge >= 0.3 is 0 Å². The van der Waals surface area contributed by atoms with E-state index in [1.54, 1.807) is 12.1 Å². The van der Waals surface area contributed by atoms with E-state index in [9.17, 15) is 24.2 Å². The van der Waals surface area contributed by atoms with Crippen molar-refractivity contribution < 1.29 is 33.7 Å². The van der Waals surface area contributed by atoms with E-state index in [4.69, 9.17) is 9.47 Å². The number of likely N-dealkylation sites (tertiary alicyclic amines) is 1. The Hall–Kier alpha value is -3.43. The highest BCUT2D eigenvalue weighted by Gasteiger charge is 2.46. The van der Waals surface area contributed by atoms with Crippen LogP contribution in [0.25, 0.3) is 5.76 Å². The Kier molecular flexibility index (Phi) is 6.62. The normalized spacial score (nSPS) is 20.9. The third kappa shape index (κ3) is 4.55. The number of ketones is 1. The van der Waals surface area contributed by atoms with Crippen molar-refractivity contribution >= 4 is 17.4 Å². The average Bonchev–Trinajstić information content (AvgIpc) is 3.07. The molecule has 2 fully saturated rings.